The molecule has 0 atom stereocenters. The summed E-state index contributed by atoms with van der Waals surface area (Å²) in [6.07, 6.45) is 3.75. The van der Waals surface area contributed by atoms with Crippen molar-refractivity contribution in [2.75, 3.05) is 7.11 Å². The van der Waals surface area contributed by atoms with Crippen LogP contribution in [0.15, 0.2) is 42.7 Å². The van der Waals surface area contributed by atoms with Crippen molar-refractivity contribution in [3.05, 3.63) is 47.7 Å². The summed E-state index contributed by atoms with van der Waals surface area (Å²) in [4.78, 5) is 0. The molecule has 2 nitrogen and oxygen atoms in total. The number of nitrogens with zero attached hydrogens (tertiary/aromatic N) is 1. The van der Waals surface area contributed by atoms with E-state index < -0.39 is 0 Å². The van der Waals surface area contributed by atoms with Crippen LogP contribution in [0.25, 0.3) is 5.69 Å². The number of aromatic nitrogens is 1. The number of ether oxygens (including phenoxy) is 1. The first-order valence-electron chi connectivity index (χ1n) is 4.28. The second-order valence-electron chi connectivity index (χ2n) is 2.91. The number of rotatable bonds is 2. The number of benzene rings is 1. The molecule has 0 saturated heterocycles. The van der Waals surface area contributed by atoms with Crippen molar-refractivity contribution >= 4 is 11.6 Å². The second kappa shape index (κ2) is 3.76. The van der Waals surface area contributed by atoms with Crippen LogP contribution in [0.1, 0.15) is 0 Å². The molecule has 1 aromatic heterocycles. The SMILES string of the molecule is COc1ccccc1-n1ccc(Cl)c1. The molecular weight excluding hydrogens is 198 g/mol. The third-order valence-corrected chi connectivity index (χ3v) is 2.24. The first-order valence-corrected chi connectivity index (χ1v) is 4.66. The number of halogens is 1. The Hall–Kier alpha value is -1.41. The van der Waals surface area contributed by atoms with Gasteiger partial charge in [0.1, 0.15) is 5.75 Å². The number of para-hydroxylation sites is 2. The van der Waals surface area contributed by atoms with E-state index in [9.17, 15) is 0 Å². The minimum Gasteiger partial charge on any atom is -0.495 e. The normalized spacial score (nSPS) is 10.1. The van der Waals surface area contributed by atoms with Crippen LogP contribution in [0.2, 0.25) is 5.02 Å². The van der Waals surface area contributed by atoms with Gasteiger partial charge in [-0.2, -0.15) is 0 Å². The minimum absolute atomic E-state index is 0.718. The van der Waals surface area contributed by atoms with E-state index in [2.05, 4.69) is 0 Å². The molecule has 3 heteroatoms. The van der Waals surface area contributed by atoms with Crippen molar-refractivity contribution in [2.45, 2.75) is 0 Å². The van der Waals surface area contributed by atoms with Gasteiger partial charge >= 0.3 is 0 Å². The van der Waals surface area contributed by atoms with E-state index in [0.29, 0.717) is 0 Å². The fourth-order valence-electron chi connectivity index (χ4n) is 1.36. The molecule has 0 radical (unpaired) electrons. The zero-order chi connectivity index (χ0) is 9.97. The van der Waals surface area contributed by atoms with Gasteiger partial charge in [0, 0.05) is 12.4 Å². The lowest BCUT2D eigenvalue weighted by Gasteiger charge is -2.08. The van der Waals surface area contributed by atoms with E-state index in [1.165, 1.54) is 0 Å². The Labute approximate surface area is 87.7 Å². The smallest absolute Gasteiger partial charge is 0.142 e. The van der Waals surface area contributed by atoms with Crippen molar-refractivity contribution in [1.82, 2.24) is 4.57 Å². The fourth-order valence-corrected chi connectivity index (χ4v) is 1.52. The van der Waals surface area contributed by atoms with E-state index in [-0.39, 0.29) is 0 Å². The predicted octanol–water partition coefficient (Wildman–Crippen LogP) is 3.14. The summed E-state index contributed by atoms with van der Waals surface area (Å²) in [5.41, 5.74) is 0.988. The molecule has 0 N–H and O–H groups in total. The number of hydrogen-bond acceptors (Lipinski definition) is 1. The zero-order valence-electron chi connectivity index (χ0n) is 7.77. The first-order chi connectivity index (χ1) is 6.81. The maximum Gasteiger partial charge on any atom is 0.142 e. The largest absolute Gasteiger partial charge is 0.495 e. The summed E-state index contributed by atoms with van der Waals surface area (Å²) < 4.78 is 7.18. The Morgan fingerprint density at radius 2 is 2.00 bits per heavy atom. The standard InChI is InChI=1S/C11H10ClNO/c1-14-11-5-3-2-4-10(11)13-7-6-9(12)8-13/h2-8H,1H3. The minimum atomic E-state index is 0.718. The van der Waals surface area contributed by atoms with Crippen LogP contribution in [0.5, 0.6) is 5.75 Å². The average Bonchev–Trinajstić information content (AvgIpc) is 2.65. The predicted molar refractivity (Wildman–Crippen MR) is 57.3 cm³/mol. The molecule has 1 heterocycles. The van der Waals surface area contributed by atoms with Gasteiger partial charge in [-0.3, -0.25) is 0 Å². The van der Waals surface area contributed by atoms with Crippen LogP contribution in [0.4, 0.5) is 0 Å². The molecule has 0 spiro atoms. The van der Waals surface area contributed by atoms with Crippen LogP contribution in [0, 0.1) is 0 Å². The van der Waals surface area contributed by atoms with E-state index in [1.54, 1.807) is 7.11 Å². The summed E-state index contributed by atoms with van der Waals surface area (Å²) in [6, 6.07) is 9.64. The Morgan fingerprint density at radius 3 is 2.64 bits per heavy atom. The molecule has 0 bridgehead atoms. The van der Waals surface area contributed by atoms with Gasteiger partial charge in [-0.25, -0.2) is 0 Å². The van der Waals surface area contributed by atoms with E-state index in [0.717, 1.165) is 16.5 Å². The third kappa shape index (κ3) is 1.61. The molecule has 0 fully saturated rings. The Bertz CT molecular complexity index is 436. The average molecular weight is 208 g/mol. The van der Waals surface area contributed by atoms with Gasteiger partial charge in [0.05, 0.1) is 17.8 Å². The third-order valence-electron chi connectivity index (χ3n) is 2.02. The van der Waals surface area contributed by atoms with Crippen molar-refractivity contribution in [1.29, 1.82) is 0 Å². The molecule has 2 aromatic rings. The van der Waals surface area contributed by atoms with Gasteiger partial charge in [0.15, 0.2) is 0 Å². The van der Waals surface area contributed by atoms with Crippen LogP contribution < -0.4 is 4.74 Å². The van der Waals surface area contributed by atoms with Gasteiger partial charge < -0.3 is 9.30 Å². The second-order valence-corrected chi connectivity index (χ2v) is 3.35. The lowest BCUT2D eigenvalue weighted by molar-refractivity contribution is 0.413. The highest BCUT2D eigenvalue weighted by Gasteiger charge is 2.03. The highest BCUT2D eigenvalue weighted by Crippen LogP contribution is 2.23. The van der Waals surface area contributed by atoms with Gasteiger partial charge in [-0.1, -0.05) is 23.7 Å². The maximum absolute atomic E-state index is 5.84. The van der Waals surface area contributed by atoms with Crippen LogP contribution >= 0.6 is 11.6 Å². The van der Waals surface area contributed by atoms with Crippen LogP contribution in [-0.2, 0) is 0 Å². The fraction of sp³-hybridized carbons (Fsp3) is 0.0909. The summed E-state index contributed by atoms with van der Waals surface area (Å²) in [6.45, 7) is 0. The molecule has 0 amide bonds. The van der Waals surface area contributed by atoms with E-state index in [4.69, 9.17) is 16.3 Å². The van der Waals surface area contributed by atoms with Gasteiger partial charge in [0.25, 0.3) is 0 Å². The van der Waals surface area contributed by atoms with Gasteiger partial charge in [0.2, 0.25) is 0 Å². The van der Waals surface area contributed by atoms with Crippen molar-refractivity contribution in [3.8, 4) is 11.4 Å². The molecule has 2 rings (SSSR count). The van der Waals surface area contributed by atoms with Gasteiger partial charge in [-0.15, -0.1) is 0 Å². The highest BCUT2D eigenvalue weighted by molar-refractivity contribution is 6.30. The Morgan fingerprint density at radius 1 is 1.21 bits per heavy atom. The van der Waals surface area contributed by atoms with Crippen molar-refractivity contribution < 1.29 is 4.74 Å². The Kier molecular flexibility index (Phi) is 2.46. The lowest BCUT2D eigenvalue weighted by Crippen LogP contribution is -1.94. The molecule has 0 unspecified atom stereocenters. The summed E-state index contributed by atoms with van der Waals surface area (Å²) in [5, 5.41) is 0.718. The zero-order valence-corrected chi connectivity index (χ0v) is 8.53. The molecule has 0 aliphatic carbocycles. The number of hydrogen-bond donors (Lipinski definition) is 0. The molecular formula is C11H10ClNO. The van der Waals surface area contributed by atoms with Crippen molar-refractivity contribution in [3.63, 3.8) is 0 Å². The number of methoxy groups -OCH3 is 1. The topological polar surface area (TPSA) is 14.2 Å². The summed E-state index contributed by atoms with van der Waals surface area (Å²) in [7, 11) is 1.66. The van der Waals surface area contributed by atoms with Crippen LogP contribution in [0.3, 0.4) is 0 Å². The molecule has 0 aliphatic heterocycles. The molecule has 1 aromatic carbocycles. The first kappa shape index (κ1) is 9.16. The van der Waals surface area contributed by atoms with Crippen LogP contribution in [-0.4, -0.2) is 11.7 Å². The quantitative estimate of drug-likeness (QED) is 0.738. The highest BCUT2D eigenvalue weighted by atomic mass is 35.5. The monoisotopic (exact) mass is 207 g/mol. The Balaban J connectivity index is 2.50. The van der Waals surface area contributed by atoms with E-state index in [1.807, 2.05) is 47.3 Å². The lowest BCUT2D eigenvalue weighted by atomic mass is 10.3. The summed E-state index contributed by atoms with van der Waals surface area (Å²) >= 11 is 5.84. The van der Waals surface area contributed by atoms with Gasteiger partial charge in [-0.05, 0) is 18.2 Å². The molecule has 72 valence electrons. The van der Waals surface area contributed by atoms with Crippen molar-refractivity contribution in [2.24, 2.45) is 0 Å². The molecule has 14 heavy (non-hydrogen) atoms. The van der Waals surface area contributed by atoms with E-state index >= 15 is 0 Å². The maximum atomic E-state index is 5.84. The molecule has 0 saturated carbocycles. The summed E-state index contributed by atoms with van der Waals surface area (Å²) in [5.74, 6) is 0.833. The molecule has 0 aliphatic rings.